The van der Waals surface area contributed by atoms with Crippen LogP contribution in [0.15, 0.2) is 30.3 Å². The Kier molecular flexibility index (Phi) is 6.68. The number of hydrogen-bond donors (Lipinski definition) is 1. The van der Waals surface area contributed by atoms with Gasteiger partial charge in [0.25, 0.3) is 0 Å². The summed E-state index contributed by atoms with van der Waals surface area (Å²) in [5.74, 6) is 0.0186. The highest BCUT2D eigenvalue weighted by atomic mass is 16.6. The molecule has 2 aliphatic heterocycles. The van der Waals surface area contributed by atoms with Crippen LogP contribution in [0.2, 0.25) is 0 Å². The van der Waals surface area contributed by atoms with Crippen LogP contribution in [0.4, 0.5) is 10.5 Å². The van der Waals surface area contributed by atoms with E-state index in [9.17, 15) is 14.4 Å². The van der Waals surface area contributed by atoms with Crippen molar-refractivity contribution < 1.29 is 19.1 Å². The second kappa shape index (κ2) is 9.39. The van der Waals surface area contributed by atoms with Crippen LogP contribution in [0.3, 0.4) is 0 Å². The highest BCUT2D eigenvalue weighted by Gasteiger charge is 2.24. The minimum Gasteiger partial charge on any atom is -0.450 e. The number of benzene rings is 1. The molecule has 3 amide bonds. The Hall–Kier alpha value is -2.83. The van der Waals surface area contributed by atoms with E-state index in [0.29, 0.717) is 26.1 Å². The lowest BCUT2D eigenvalue weighted by Gasteiger charge is -2.31. The summed E-state index contributed by atoms with van der Waals surface area (Å²) in [6.45, 7) is 4.10. The lowest BCUT2D eigenvalue weighted by Crippen LogP contribution is -2.46. The van der Waals surface area contributed by atoms with Gasteiger partial charge in [-0.05, 0) is 50.0 Å². The summed E-state index contributed by atoms with van der Waals surface area (Å²) in [7, 11) is 0. The number of piperidine rings is 1. The number of nitrogens with one attached hydrogen (secondary N) is 1. The van der Waals surface area contributed by atoms with Crippen LogP contribution in [0.5, 0.6) is 0 Å². The highest BCUT2D eigenvalue weighted by Crippen LogP contribution is 2.22. The molecule has 1 N–H and O–H groups in total. The maximum atomic E-state index is 12.2. The smallest absolute Gasteiger partial charge is 0.409 e. The normalized spacial score (nSPS) is 18.0. The van der Waals surface area contributed by atoms with Gasteiger partial charge in [-0.2, -0.15) is 0 Å². The maximum Gasteiger partial charge on any atom is 0.409 e. The number of amides is 3. The van der Waals surface area contributed by atoms with E-state index in [4.69, 9.17) is 4.74 Å². The molecular formula is C21H27N3O4. The van der Waals surface area contributed by atoms with Crippen molar-refractivity contribution in [3.05, 3.63) is 35.9 Å². The van der Waals surface area contributed by atoms with Gasteiger partial charge >= 0.3 is 6.09 Å². The zero-order chi connectivity index (χ0) is 19.9. The van der Waals surface area contributed by atoms with Crippen molar-refractivity contribution in [2.24, 2.45) is 0 Å². The first-order valence-electron chi connectivity index (χ1n) is 9.87. The monoisotopic (exact) mass is 385 g/mol. The van der Waals surface area contributed by atoms with E-state index in [-0.39, 0.29) is 23.9 Å². The van der Waals surface area contributed by atoms with Crippen molar-refractivity contribution in [3.8, 4) is 0 Å². The lowest BCUT2D eigenvalue weighted by atomic mass is 10.1. The molecule has 0 bridgehead atoms. The molecule has 0 atom stereocenters. The molecular weight excluding hydrogens is 358 g/mol. The number of ether oxygens (including phenoxy) is 1. The molecule has 0 aliphatic carbocycles. The molecule has 28 heavy (non-hydrogen) atoms. The first kappa shape index (κ1) is 19.9. The summed E-state index contributed by atoms with van der Waals surface area (Å²) < 4.78 is 5.00. The fourth-order valence-electron chi connectivity index (χ4n) is 3.53. The Morgan fingerprint density at radius 3 is 2.50 bits per heavy atom. The Morgan fingerprint density at radius 2 is 1.89 bits per heavy atom. The zero-order valence-corrected chi connectivity index (χ0v) is 16.2. The molecule has 1 aromatic carbocycles. The van der Waals surface area contributed by atoms with Gasteiger partial charge in [0.05, 0.1) is 6.61 Å². The second-order valence-electron chi connectivity index (χ2n) is 7.04. The topological polar surface area (TPSA) is 79.0 Å². The van der Waals surface area contributed by atoms with Gasteiger partial charge in [-0.25, -0.2) is 4.79 Å². The van der Waals surface area contributed by atoms with Crippen molar-refractivity contribution in [1.29, 1.82) is 0 Å². The summed E-state index contributed by atoms with van der Waals surface area (Å²) in [4.78, 5) is 39.1. The first-order valence-corrected chi connectivity index (χ1v) is 9.87. The van der Waals surface area contributed by atoms with Crippen molar-refractivity contribution in [1.82, 2.24) is 10.2 Å². The third-order valence-electron chi connectivity index (χ3n) is 5.07. The van der Waals surface area contributed by atoms with Crippen molar-refractivity contribution in [2.75, 3.05) is 31.1 Å². The Bertz CT molecular complexity index is 737. The molecule has 7 nitrogen and oxygen atoms in total. The van der Waals surface area contributed by atoms with Gasteiger partial charge in [0, 0.05) is 43.9 Å². The van der Waals surface area contributed by atoms with E-state index in [1.54, 1.807) is 22.8 Å². The average molecular weight is 385 g/mol. The Balaban J connectivity index is 1.45. The number of carbonyl (C=O) groups excluding carboxylic acids is 3. The van der Waals surface area contributed by atoms with E-state index < -0.39 is 0 Å². The third kappa shape index (κ3) is 5.12. The van der Waals surface area contributed by atoms with Gasteiger partial charge in [0.2, 0.25) is 11.8 Å². The quantitative estimate of drug-likeness (QED) is 0.790. The van der Waals surface area contributed by atoms with Crippen LogP contribution in [0.1, 0.15) is 38.2 Å². The number of nitrogens with zero attached hydrogens (tertiary/aromatic N) is 2. The molecule has 150 valence electrons. The number of hydrogen-bond acceptors (Lipinski definition) is 4. The van der Waals surface area contributed by atoms with E-state index in [1.807, 2.05) is 24.3 Å². The van der Waals surface area contributed by atoms with E-state index in [1.165, 1.54) is 6.08 Å². The van der Waals surface area contributed by atoms with Gasteiger partial charge in [-0.15, -0.1) is 0 Å². The van der Waals surface area contributed by atoms with Crippen molar-refractivity contribution in [3.63, 3.8) is 0 Å². The van der Waals surface area contributed by atoms with E-state index in [2.05, 4.69) is 5.32 Å². The van der Waals surface area contributed by atoms with Gasteiger partial charge in [-0.1, -0.05) is 12.1 Å². The van der Waals surface area contributed by atoms with Crippen LogP contribution in [-0.4, -0.2) is 55.1 Å². The van der Waals surface area contributed by atoms with E-state index in [0.717, 1.165) is 37.1 Å². The number of anilines is 1. The molecule has 2 aliphatic rings. The minimum absolute atomic E-state index is 0.0615. The lowest BCUT2D eigenvalue weighted by molar-refractivity contribution is -0.118. The molecule has 0 spiro atoms. The van der Waals surface area contributed by atoms with Crippen molar-refractivity contribution >= 4 is 29.7 Å². The molecule has 7 heteroatoms. The van der Waals surface area contributed by atoms with Gasteiger partial charge in [0.1, 0.15) is 0 Å². The first-order chi connectivity index (χ1) is 13.6. The SMILES string of the molecule is CCOC(=O)N1CCC(NC(=O)/C=C/c2ccc(N3CCCC3=O)cc2)CC1. The van der Waals surface area contributed by atoms with Gasteiger partial charge in [-0.3, -0.25) is 9.59 Å². The maximum absolute atomic E-state index is 12.2. The molecule has 0 radical (unpaired) electrons. The zero-order valence-electron chi connectivity index (χ0n) is 16.2. The summed E-state index contributed by atoms with van der Waals surface area (Å²) in [6.07, 6.45) is 5.95. The number of rotatable bonds is 5. The highest BCUT2D eigenvalue weighted by molar-refractivity contribution is 5.95. The summed E-state index contributed by atoms with van der Waals surface area (Å²) in [5, 5.41) is 2.99. The number of carbonyl (C=O) groups is 3. The average Bonchev–Trinajstić information content (AvgIpc) is 3.13. The predicted molar refractivity (Wildman–Crippen MR) is 107 cm³/mol. The van der Waals surface area contributed by atoms with Crippen LogP contribution in [0, 0.1) is 0 Å². The predicted octanol–water partition coefficient (Wildman–Crippen LogP) is 2.56. The molecule has 0 aromatic heterocycles. The molecule has 2 saturated heterocycles. The molecule has 3 rings (SSSR count). The van der Waals surface area contributed by atoms with Gasteiger partial charge in [0.15, 0.2) is 0 Å². The third-order valence-corrected chi connectivity index (χ3v) is 5.07. The minimum atomic E-state index is -0.286. The van der Waals surface area contributed by atoms with Crippen LogP contribution < -0.4 is 10.2 Å². The molecule has 2 fully saturated rings. The van der Waals surface area contributed by atoms with Gasteiger partial charge < -0.3 is 19.9 Å². The molecule has 0 unspecified atom stereocenters. The molecule has 1 aromatic rings. The van der Waals surface area contributed by atoms with Crippen LogP contribution >= 0.6 is 0 Å². The van der Waals surface area contributed by atoms with Crippen LogP contribution in [0.25, 0.3) is 6.08 Å². The second-order valence-corrected chi connectivity index (χ2v) is 7.04. The van der Waals surface area contributed by atoms with Crippen molar-refractivity contribution in [2.45, 2.75) is 38.6 Å². The molecule has 2 heterocycles. The fourth-order valence-corrected chi connectivity index (χ4v) is 3.53. The Labute approximate surface area is 165 Å². The summed E-state index contributed by atoms with van der Waals surface area (Å²) in [6, 6.07) is 7.69. The summed E-state index contributed by atoms with van der Waals surface area (Å²) >= 11 is 0. The summed E-state index contributed by atoms with van der Waals surface area (Å²) in [5.41, 5.74) is 1.81. The number of likely N-dealkylation sites (tertiary alicyclic amines) is 1. The molecule has 0 saturated carbocycles. The van der Waals surface area contributed by atoms with E-state index >= 15 is 0 Å². The fraction of sp³-hybridized carbons (Fsp3) is 0.476. The Morgan fingerprint density at radius 1 is 1.18 bits per heavy atom. The van der Waals surface area contributed by atoms with Crippen LogP contribution in [-0.2, 0) is 14.3 Å². The largest absolute Gasteiger partial charge is 0.450 e. The standard InChI is InChI=1S/C21H27N3O4/c1-2-28-21(27)23-14-11-17(12-15-23)22-19(25)10-7-16-5-8-18(9-6-16)24-13-3-4-20(24)26/h5-10,17H,2-4,11-15H2,1H3,(H,22,25)/b10-7+.